The van der Waals surface area contributed by atoms with Crippen molar-refractivity contribution in [2.24, 2.45) is 0 Å². The van der Waals surface area contributed by atoms with Crippen LogP contribution in [0.15, 0.2) is 109 Å². The van der Waals surface area contributed by atoms with Gasteiger partial charge in [0.05, 0.1) is 0 Å². The van der Waals surface area contributed by atoms with Crippen molar-refractivity contribution in [2.75, 3.05) is 0 Å². The zero-order valence-electron chi connectivity index (χ0n) is 19.3. The van der Waals surface area contributed by atoms with Crippen molar-refractivity contribution in [2.45, 2.75) is 0 Å². The molecule has 4 nitrogen and oxygen atoms in total. The van der Waals surface area contributed by atoms with E-state index in [-0.39, 0.29) is 6.71 Å². The first-order valence-electron chi connectivity index (χ1n) is 11.9. The fourth-order valence-corrected chi connectivity index (χ4v) is 5.29. The molecule has 5 aromatic carbocycles. The normalized spacial score (nSPS) is 12.6. The van der Waals surface area contributed by atoms with E-state index in [1.54, 1.807) is 12.1 Å². The van der Waals surface area contributed by atoms with E-state index in [2.05, 4.69) is 54.6 Å². The maximum absolute atomic E-state index is 9.92. The van der Waals surface area contributed by atoms with Gasteiger partial charge < -0.3 is 19.5 Å². The lowest BCUT2D eigenvalue weighted by atomic mass is 9.34. The highest BCUT2D eigenvalue weighted by atomic mass is 16.5. The van der Waals surface area contributed by atoms with E-state index in [0.29, 0.717) is 17.0 Å². The van der Waals surface area contributed by atoms with Crippen LogP contribution in [0.2, 0.25) is 0 Å². The van der Waals surface area contributed by atoms with Crippen LogP contribution in [-0.2, 0) is 0 Å². The maximum atomic E-state index is 9.92. The summed E-state index contributed by atoms with van der Waals surface area (Å²) in [5, 5.41) is 19.8. The zero-order valence-corrected chi connectivity index (χ0v) is 19.3. The summed E-state index contributed by atoms with van der Waals surface area (Å²) in [5.41, 5.74) is 7.74. The highest BCUT2D eigenvalue weighted by Crippen LogP contribution is 2.36. The molecule has 7 rings (SSSR count). The third-order valence-electron chi connectivity index (χ3n) is 7.01. The summed E-state index contributed by atoms with van der Waals surface area (Å²) in [7, 11) is -1.63. The van der Waals surface area contributed by atoms with Gasteiger partial charge in [0.15, 0.2) is 0 Å². The van der Waals surface area contributed by atoms with Crippen LogP contribution in [0.1, 0.15) is 0 Å². The molecular formula is C30H20B2O4. The Morgan fingerprint density at radius 2 is 1.08 bits per heavy atom. The van der Waals surface area contributed by atoms with E-state index < -0.39 is 7.12 Å². The van der Waals surface area contributed by atoms with Gasteiger partial charge in [-0.05, 0) is 62.9 Å². The number of hydrogen-bond donors (Lipinski definition) is 2. The molecule has 0 fully saturated rings. The van der Waals surface area contributed by atoms with Crippen LogP contribution in [-0.4, -0.2) is 23.9 Å². The predicted octanol–water partition coefficient (Wildman–Crippen LogP) is 3.43. The lowest BCUT2D eigenvalue weighted by molar-refractivity contribution is 0.423. The van der Waals surface area contributed by atoms with Crippen LogP contribution in [0.5, 0.6) is 23.0 Å². The SMILES string of the molecule is OB(O)c1cc2c3c(c1)Oc1ccc(-c4ccccc4)cc1B3c1ccc(-c3ccccc3)cc1O2. The third-order valence-corrected chi connectivity index (χ3v) is 7.01. The molecule has 2 aliphatic heterocycles. The summed E-state index contributed by atoms with van der Waals surface area (Å²) in [6.45, 7) is -0.110. The van der Waals surface area contributed by atoms with Crippen molar-refractivity contribution in [1.82, 2.24) is 0 Å². The molecule has 0 spiro atoms. The Morgan fingerprint density at radius 1 is 0.500 bits per heavy atom. The van der Waals surface area contributed by atoms with Gasteiger partial charge in [0.25, 0.3) is 6.71 Å². The van der Waals surface area contributed by atoms with Crippen LogP contribution in [0.4, 0.5) is 0 Å². The summed E-state index contributed by atoms with van der Waals surface area (Å²) in [4.78, 5) is 0. The number of benzene rings is 5. The van der Waals surface area contributed by atoms with E-state index in [1.165, 1.54) is 0 Å². The number of rotatable bonds is 3. The molecule has 6 heteroatoms. The molecule has 0 unspecified atom stereocenters. The van der Waals surface area contributed by atoms with Crippen LogP contribution >= 0.6 is 0 Å². The molecule has 5 aromatic rings. The number of fused-ring (bicyclic) bond motifs is 4. The number of hydrogen-bond acceptors (Lipinski definition) is 4. The molecule has 0 aliphatic carbocycles. The van der Waals surface area contributed by atoms with Gasteiger partial charge >= 0.3 is 7.12 Å². The standard InChI is InChI=1S/C30H20B2O4/c33-32(34)23-17-28-30-29(18-23)36-27-16-22(20-9-5-2-6-10-20)11-13-24(27)31(30)25-15-21(12-14-26(25)35-28)19-7-3-1-4-8-19/h1-18,33-34H. The van der Waals surface area contributed by atoms with Crippen molar-refractivity contribution < 1.29 is 19.5 Å². The zero-order chi connectivity index (χ0) is 24.2. The van der Waals surface area contributed by atoms with Gasteiger partial charge in [-0.3, -0.25) is 0 Å². The topological polar surface area (TPSA) is 58.9 Å². The van der Waals surface area contributed by atoms with Gasteiger partial charge in [0, 0.05) is 5.46 Å². The summed E-state index contributed by atoms with van der Waals surface area (Å²) in [5.74, 6) is 2.66. The molecule has 0 bridgehead atoms. The van der Waals surface area contributed by atoms with Gasteiger partial charge in [0.2, 0.25) is 0 Å². The first-order valence-corrected chi connectivity index (χ1v) is 11.9. The molecule has 2 N–H and O–H groups in total. The molecule has 0 radical (unpaired) electrons. The fraction of sp³-hybridized carbons (Fsp3) is 0. The van der Waals surface area contributed by atoms with E-state index >= 15 is 0 Å². The van der Waals surface area contributed by atoms with Crippen molar-refractivity contribution in [3.63, 3.8) is 0 Å². The van der Waals surface area contributed by atoms with Gasteiger partial charge in [-0.1, -0.05) is 84.9 Å². The lowest BCUT2D eigenvalue weighted by Crippen LogP contribution is -2.58. The third kappa shape index (κ3) is 3.34. The van der Waals surface area contributed by atoms with Gasteiger partial charge in [-0.2, -0.15) is 0 Å². The number of ether oxygens (including phenoxy) is 2. The second-order valence-corrected chi connectivity index (χ2v) is 9.18. The minimum atomic E-state index is -1.63. The van der Waals surface area contributed by atoms with E-state index in [9.17, 15) is 10.0 Å². The summed E-state index contributed by atoms with van der Waals surface area (Å²) < 4.78 is 12.7. The second-order valence-electron chi connectivity index (χ2n) is 9.18. The fourth-order valence-electron chi connectivity index (χ4n) is 5.29. The van der Waals surface area contributed by atoms with Crippen molar-refractivity contribution in [3.05, 3.63) is 109 Å². The monoisotopic (exact) mass is 466 g/mol. The Morgan fingerprint density at radius 3 is 1.72 bits per heavy atom. The van der Waals surface area contributed by atoms with Crippen LogP contribution in [0, 0.1) is 0 Å². The molecule has 2 heterocycles. The molecule has 0 saturated carbocycles. The van der Waals surface area contributed by atoms with Gasteiger partial charge in [0.1, 0.15) is 23.0 Å². The first-order chi connectivity index (χ1) is 17.7. The molecule has 0 saturated heterocycles. The van der Waals surface area contributed by atoms with Gasteiger partial charge in [-0.25, -0.2) is 0 Å². The van der Waals surface area contributed by atoms with E-state index in [1.807, 2.05) is 42.5 Å². The average Bonchev–Trinajstić information content (AvgIpc) is 2.93. The largest absolute Gasteiger partial charge is 0.488 e. The van der Waals surface area contributed by atoms with E-state index in [4.69, 9.17) is 9.47 Å². The molecule has 170 valence electrons. The highest BCUT2D eigenvalue weighted by molar-refractivity contribution is 6.98. The molecule has 0 atom stereocenters. The van der Waals surface area contributed by atoms with Crippen molar-refractivity contribution in [3.8, 4) is 45.3 Å². The molecule has 36 heavy (non-hydrogen) atoms. The lowest BCUT2D eigenvalue weighted by Gasteiger charge is -2.33. The minimum absolute atomic E-state index is 0.110. The quantitative estimate of drug-likeness (QED) is 0.392. The Labute approximate surface area is 209 Å². The second kappa shape index (κ2) is 8.16. The molecular weight excluding hydrogens is 446 g/mol. The summed E-state index contributed by atoms with van der Waals surface area (Å²) in [6.07, 6.45) is 0. The maximum Gasteiger partial charge on any atom is 0.488 e. The van der Waals surface area contributed by atoms with Crippen LogP contribution in [0.25, 0.3) is 22.3 Å². The Bertz CT molecular complexity index is 1620. The summed E-state index contributed by atoms with van der Waals surface area (Å²) in [6, 6.07) is 36.4. The van der Waals surface area contributed by atoms with Crippen LogP contribution < -0.4 is 31.3 Å². The smallest absolute Gasteiger partial charge is 0.458 e. The predicted molar refractivity (Wildman–Crippen MR) is 145 cm³/mol. The summed E-state index contributed by atoms with van der Waals surface area (Å²) >= 11 is 0. The van der Waals surface area contributed by atoms with Crippen molar-refractivity contribution in [1.29, 1.82) is 0 Å². The Balaban J connectivity index is 1.45. The van der Waals surface area contributed by atoms with Crippen LogP contribution in [0.3, 0.4) is 0 Å². The van der Waals surface area contributed by atoms with E-state index in [0.717, 1.165) is 50.1 Å². The average molecular weight is 466 g/mol. The first kappa shape index (κ1) is 21.1. The minimum Gasteiger partial charge on any atom is -0.458 e. The highest BCUT2D eigenvalue weighted by Gasteiger charge is 2.41. The van der Waals surface area contributed by atoms with Gasteiger partial charge in [-0.15, -0.1) is 0 Å². The Hall–Kier alpha value is -4.25. The molecule has 0 amide bonds. The molecule has 0 aromatic heterocycles. The van der Waals surface area contributed by atoms with Crippen molar-refractivity contribution >= 4 is 35.7 Å². The molecule has 2 aliphatic rings. The Kier molecular flexibility index (Phi) is 4.78.